The Morgan fingerprint density at radius 3 is 2.82 bits per heavy atom. The number of benzene rings is 1. The van der Waals surface area contributed by atoms with Gasteiger partial charge in [-0.25, -0.2) is 0 Å². The van der Waals surface area contributed by atoms with Gasteiger partial charge in [0.05, 0.1) is 40.4 Å². The Labute approximate surface area is 199 Å². The Morgan fingerprint density at radius 1 is 1.18 bits per heavy atom. The molecule has 1 atom stereocenters. The Balaban J connectivity index is 1.33. The van der Waals surface area contributed by atoms with Gasteiger partial charge in [-0.1, -0.05) is 28.4 Å². The van der Waals surface area contributed by atoms with Crippen LogP contribution in [0.2, 0.25) is 10.0 Å². The molecule has 0 bridgehead atoms. The highest BCUT2D eigenvalue weighted by atomic mass is 35.5. The molecule has 8 nitrogen and oxygen atoms in total. The van der Waals surface area contributed by atoms with Crippen LogP contribution in [-0.4, -0.2) is 44.2 Å². The number of amides is 2. The predicted molar refractivity (Wildman–Crippen MR) is 121 cm³/mol. The minimum atomic E-state index is -0.250. The Morgan fingerprint density at radius 2 is 2.03 bits per heavy atom. The van der Waals surface area contributed by atoms with Crippen molar-refractivity contribution in [1.29, 1.82) is 0 Å². The fourth-order valence-electron chi connectivity index (χ4n) is 4.67. The standard InChI is InChI=1S/C23H21Cl2N5O3/c24-17-4-1-12(8-18(17)25)23(32)29-6-5-19-16(10-29)21-20-14(11-33-28-20)7-13(9-30(21)27-19)22(31)26-15-2-3-15/h1,4,8,11,13,15H,2-3,5-7,9-10H2,(H,26,31). The van der Waals surface area contributed by atoms with Gasteiger partial charge in [0.25, 0.3) is 5.91 Å². The molecule has 0 spiro atoms. The van der Waals surface area contributed by atoms with Crippen LogP contribution in [-0.2, 0) is 30.7 Å². The topological polar surface area (TPSA) is 93.3 Å². The fourth-order valence-corrected chi connectivity index (χ4v) is 4.97. The highest BCUT2D eigenvalue weighted by Gasteiger charge is 2.36. The number of carbonyl (C=O) groups is 2. The number of hydrogen-bond acceptors (Lipinski definition) is 5. The summed E-state index contributed by atoms with van der Waals surface area (Å²) in [6, 6.07) is 5.21. The van der Waals surface area contributed by atoms with E-state index < -0.39 is 0 Å². The summed E-state index contributed by atoms with van der Waals surface area (Å²) in [7, 11) is 0. The first-order valence-electron chi connectivity index (χ1n) is 11.0. The number of rotatable bonds is 3. The Bertz CT molecular complexity index is 1280. The van der Waals surface area contributed by atoms with Gasteiger partial charge >= 0.3 is 0 Å². The van der Waals surface area contributed by atoms with E-state index in [-0.39, 0.29) is 17.7 Å². The summed E-state index contributed by atoms with van der Waals surface area (Å²) in [4.78, 5) is 27.8. The molecule has 170 valence electrons. The molecular formula is C23H21Cl2N5O3. The minimum Gasteiger partial charge on any atom is -0.364 e. The van der Waals surface area contributed by atoms with Gasteiger partial charge < -0.3 is 14.7 Å². The Hall–Kier alpha value is -2.84. The van der Waals surface area contributed by atoms with Crippen LogP contribution in [0.15, 0.2) is 29.0 Å². The maximum absolute atomic E-state index is 13.2. The smallest absolute Gasteiger partial charge is 0.254 e. The van der Waals surface area contributed by atoms with E-state index in [4.69, 9.17) is 32.8 Å². The van der Waals surface area contributed by atoms with Crippen LogP contribution >= 0.6 is 23.2 Å². The fraction of sp³-hybridized carbons (Fsp3) is 0.391. The quantitative estimate of drug-likeness (QED) is 0.612. The number of carbonyl (C=O) groups excluding carboxylic acids is 2. The number of nitrogens with zero attached hydrogens (tertiary/aromatic N) is 4. The summed E-state index contributed by atoms with van der Waals surface area (Å²) >= 11 is 12.1. The molecule has 1 unspecified atom stereocenters. The van der Waals surface area contributed by atoms with Gasteiger partial charge in [-0.15, -0.1) is 0 Å². The maximum Gasteiger partial charge on any atom is 0.254 e. The van der Waals surface area contributed by atoms with Crippen LogP contribution in [0.5, 0.6) is 0 Å². The van der Waals surface area contributed by atoms with E-state index in [1.54, 1.807) is 29.4 Å². The summed E-state index contributed by atoms with van der Waals surface area (Å²) in [6.45, 7) is 1.41. The van der Waals surface area contributed by atoms with Crippen LogP contribution in [0.1, 0.15) is 40.0 Å². The number of nitrogens with one attached hydrogen (secondary N) is 1. The first-order valence-corrected chi connectivity index (χ1v) is 11.8. The van der Waals surface area contributed by atoms with Crippen molar-refractivity contribution >= 4 is 35.0 Å². The molecule has 1 saturated carbocycles. The van der Waals surface area contributed by atoms with Crippen molar-refractivity contribution in [3.05, 3.63) is 56.9 Å². The van der Waals surface area contributed by atoms with Crippen molar-refractivity contribution in [2.45, 2.75) is 44.8 Å². The van der Waals surface area contributed by atoms with Gasteiger partial charge in [0.2, 0.25) is 5.91 Å². The molecule has 6 rings (SSSR count). The molecule has 2 aliphatic heterocycles. The summed E-state index contributed by atoms with van der Waals surface area (Å²) in [5.41, 5.74) is 4.80. The molecule has 33 heavy (non-hydrogen) atoms. The largest absolute Gasteiger partial charge is 0.364 e. The lowest BCUT2D eigenvalue weighted by atomic mass is 9.98. The minimum absolute atomic E-state index is 0.0439. The van der Waals surface area contributed by atoms with Crippen LogP contribution < -0.4 is 5.32 Å². The number of hydrogen-bond donors (Lipinski definition) is 1. The van der Waals surface area contributed by atoms with E-state index in [9.17, 15) is 9.59 Å². The van der Waals surface area contributed by atoms with Crippen molar-refractivity contribution in [3.8, 4) is 11.4 Å². The van der Waals surface area contributed by atoms with Crippen molar-refractivity contribution in [2.75, 3.05) is 6.54 Å². The lowest BCUT2D eigenvalue weighted by molar-refractivity contribution is -0.125. The molecule has 3 aromatic rings. The van der Waals surface area contributed by atoms with Crippen molar-refractivity contribution < 1.29 is 14.1 Å². The predicted octanol–water partition coefficient (Wildman–Crippen LogP) is 3.49. The van der Waals surface area contributed by atoms with Crippen molar-refractivity contribution in [1.82, 2.24) is 25.2 Å². The molecule has 0 radical (unpaired) electrons. The zero-order valence-corrected chi connectivity index (χ0v) is 19.2. The first kappa shape index (κ1) is 20.7. The highest BCUT2D eigenvalue weighted by molar-refractivity contribution is 6.42. The molecular weight excluding hydrogens is 465 g/mol. The lowest BCUT2D eigenvalue weighted by Gasteiger charge is -2.27. The van der Waals surface area contributed by atoms with E-state index >= 15 is 0 Å². The van der Waals surface area contributed by atoms with Gasteiger partial charge in [-0.3, -0.25) is 14.3 Å². The van der Waals surface area contributed by atoms with Gasteiger partial charge in [-0.05, 0) is 37.5 Å². The molecule has 2 aromatic heterocycles. The van der Waals surface area contributed by atoms with Crippen LogP contribution in [0.25, 0.3) is 11.4 Å². The zero-order valence-electron chi connectivity index (χ0n) is 17.7. The summed E-state index contributed by atoms with van der Waals surface area (Å²) in [5, 5.41) is 13.0. The molecule has 1 aromatic carbocycles. The lowest BCUT2D eigenvalue weighted by Crippen LogP contribution is -2.36. The number of aromatic nitrogens is 3. The monoisotopic (exact) mass is 485 g/mol. The SMILES string of the molecule is O=C(NC1CC1)C1Cc2conc2-c2c3c(nn2C1)CCN(C(=O)c1ccc(Cl)c(Cl)c1)C3. The van der Waals surface area contributed by atoms with Gasteiger partial charge in [-0.2, -0.15) is 5.10 Å². The first-order chi connectivity index (χ1) is 16.0. The summed E-state index contributed by atoms with van der Waals surface area (Å²) in [6.07, 6.45) is 4.86. The van der Waals surface area contributed by atoms with E-state index in [0.29, 0.717) is 59.8 Å². The van der Waals surface area contributed by atoms with Gasteiger partial charge in [0, 0.05) is 35.7 Å². The van der Waals surface area contributed by atoms with E-state index in [1.807, 2.05) is 4.68 Å². The van der Waals surface area contributed by atoms with E-state index in [2.05, 4.69) is 10.5 Å². The second kappa shape index (κ2) is 7.88. The third-order valence-electron chi connectivity index (χ3n) is 6.58. The maximum atomic E-state index is 13.2. The van der Waals surface area contributed by atoms with Gasteiger partial charge in [0.1, 0.15) is 12.0 Å². The molecule has 1 fully saturated rings. The third kappa shape index (κ3) is 3.71. The van der Waals surface area contributed by atoms with Crippen LogP contribution in [0.4, 0.5) is 0 Å². The molecule has 2 amide bonds. The van der Waals surface area contributed by atoms with E-state index in [0.717, 1.165) is 35.4 Å². The number of fused-ring (bicyclic) bond motifs is 5. The third-order valence-corrected chi connectivity index (χ3v) is 7.32. The van der Waals surface area contributed by atoms with Crippen molar-refractivity contribution in [3.63, 3.8) is 0 Å². The van der Waals surface area contributed by atoms with E-state index in [1.165, 1.54) is 0 Å². The second-order valence-electron chi connectivity index (χ2n) is 8.93. The average molecular weight is 486 g/mol. The summed E-state index contributed by atoms with van der Waals surface area (Å²) in [5.74, 6) is -0.322. The average Bonchev–Trinajstić information content (AvgIpc) is 3.43. The normalized spacial score (nSPS) is 19.3. The second-order valence-corrected chi connectivity index (χ2v) is 9.75. The molecule has 3 aliphatic rings. The van der Waals surface area contributed by atoms with Crippen LogP contribution in [0, 0.1) is 5.92 Å². The van der Waals surface area contributed by atoms with Gasteiger partial charge in [0.15, 0.2) is 0 Å². The van der Waals surface area contributed by atoms with Crippen LogP contribution in [0.3, 0.4) is 0 Å². The zero-order chi connectivity index (χ0) is 22.7. The molecule has 0 saturated heterocycles. The Kier molecular flexibility index (Phi) is 4.96. The summed E-state index contributed by atoms with van der Waals surface area (Å²) < 4.78 is 7.18. The highest BCUT2D eigenvalue weighted by Crippen LogP contribution is 2.36. The molecule has 4 heterocycles. The molecule has 1 aliphatic carbocycles. The molecule has 1 N–H and O–H groups in total. The molecule has 10 heteroatoms. The van der Waals surface area contributed by atoms with Crippen molar-refractivity contribution in [2.24, 2.45) is 5.92 Å². The number of halogens is 2.